The van der Waals surface area contributed by atoms with Gasteiger partial charge in [0.15, 0.2) is 5.65 Å². The van der Waals surface area contributed by atoms with Crippen LogP contribution < -0.4 is 10.9 Å². The van der Waals surface area contributed by atoms with Gasteiger partial charge in [-0.05, 0) is 26.7 Å². The van der Waals surface area contributed by atoms with Gasteiger partial charge in [0.25, 0.3) is 11.5 Å². The van der Waals surface area contributed by atoms with Crippen LogP contribution in [0.1, 0.15) is 50.8 Å². The Hall–Kier alpha value is -3.36. The minimum absolute atomic E-state index is 0.106. The fourth-order valence-electron chi connectivity index (χ4n) is 4.08. The third-order valence-corrected chi connectivity index (χ3v) is 6.24. The van der Waals surface area contributed by atoms with Crippen LogP contribution >= 0.6 is 0 Å². The van der Waals surface area contributed by atoms with Crippen LogP contribution in [0, 0.1) is 5.82 Å². The number of hydrogen-bond donors (Lipinski definition) is 1. The second-order valence-corrected chi connectivity index (χ2v) is 8.80. The summed E-state index contributed by atoms with van der Waals surface area (Å²) in [5, 5.41) is 8.07. The summed E-state index contributed by atoms with van der Waals surface area (Å²) >= 11 is 0. The second kappa shape index (κ2) is 6.82. The molecule has 0 amide bonds. The van der Waals surface area contributed by atoms with E-state index in [1.807, 2.05) is 6.92 Å². The number of alkyl halides is 2. The summed E-state index contributed by atoms with van der Waals surface area (Å²) in [4.78, 5) is 17.4. The van der Waals surface area contributed by atoms with Crippen LogP contribution in [-0.4, -0.2) is 19.2 Å². The van der Waals surface area contributed by atoms with Crippen molar-refractivity contribution in [2.24, 2.45) is 0 Å². The summed E-state index contributed by atoms with van der Waals surface area (Å²) in [5.41, 5.74) is 0.160. The molecule has 166 valence electrons. The Kier molecular flexibility index (Phi) is 4.38. The fourth-order valence-corrected chi connectivity index (χ4v) is 4.08. The lowest BCUT2D eigenvalue weighted by Crippen LogP contribution is -2.27. The van der Waals surface area contributed by atoms with E-state index in [0.717, 1.165) is 18.9 Å². The lowest BCUT2D eigenvalue weighted by atomic mass is 10.0. The fraction of sp³-hybridized carbons (Fsp3) is 0.348. The van der Waals surface area contributed by atoms with E-state index in [2.05, 4.69) is 15.4 Å². The average Bonchev–Trinajstić information content (AvgIpc) is 3.28. The van der Waals surface area contributed by atoms with Crippen molar-refractivity contribution in [2.75, 3.05) is 5.32 Å². The molecular weight excluding hydrogens is 419 g/mol. The molecule has 1 fully saturated rings. The normalized spacial score (nSPS) is 16.4. The molecule has 0 bridgehead atoms. The number of rotatable bonds is 5. The zero-order valence-electron chi connectivity index (χ0n) is 17.9. The Labute approximate surface area is 181 Å². The molecule has 4 aromatic rings. The monoisotopic (exact) mass is 441 g/mol. The van der Waals surface area contributed by atoms with Gasteiger partial charge in [-0.2, -0.15) is 5.10 Å². The summed E-state index contributed by atoms with van der Waals surface area (Å²) in [6.07, 6.45) is 5.13. The summed E-state index contributed by atoms with van der Waals surface area (Å²) in [5.74, 6) is -3.82. The lowest BCUT2D eigenvalue weighted by Gasteiger charge is -2.21. The molecule has 1 saturated carbocycles. The molecule has 1 atom stereocenters. The second-order valence-electron chi connectivity index (χ2n) is 8.80. The minimum Gasteiger partial charge on any atom is -0.363 e. The molecule has 0 aliphatic heterocycles. The quantitative estimate of drug-likeness (QED) is 0.475. The molecular formula is C23H22F3N5O. The molecule has 32 heavy (non-hydrogen) atoms. The third kappa shape index (κ3) is 3.23. The average molecular weight is 441 g/mol. The number of nitrogens with zero attached hydrogens (tertiary/aromatic N) is 4. The number of anilines is 1. The largest absolute Gasteiger partial charge is 0.363 e. The highest BCUT2D eigenvalue weighted by atomic mass is 19.3. The van der Waals surface area contributed by atoms with E-state index in [4.69, 9.17) is 0 Å². The van der Waals surface area contributed by atoms with Crippen molar-refractivity contribution in [3.8, 4) is 0 Å². The first-order chi connectivity index (χ1) is 15.1. The van der Waals surface area contributed by atoms with Crippen LogP contribution in [0.25, 0.3) is 16.6 Å². The molecule has 0 saturated heterocycles. The van der Waals surface area contributed by atoms with Crippen molar-refractivity contribution in [1.29, 1.82) is 0 Å². The van der Waals surface area contributed by atoms with Crippen molar-refractivity contribution >= 4 is 22.4 Å². The standard InChI is InChI=1S/C23H22F3N5O/c1-13(14-5-4-6-16(20(14)24)23(3,25)26)28-21-15-12-30(22(2)8-9-22)19(32)11-17(15)31-18(29-21)7-10-27-31/h4-7,10-13H,8-9H2,1-3H3,(H,28,29). The van der Waals surface area contributed by atoms with Gasteiger partial charge in [0.2, 0.25) is 0 Å². The van der Waals surface area contributed by atoms with Gasteiger partial charge in [-0.3, -0.25) is 4.79 Å². The van der Waals surface area contributed by atoms with E-state index < -0.39 is 23.3 Å². The number of hydrogen-bond acceptors (Lipinski definition) is 4. The predicted molar refractivity (Wildman–Crippen MR) is 116 cm³/mol. The van der Waals surface area contributed by atoms with Gasteiger partial charge in [-0.15, -0.1) is 0 Å². The van der Waals surface area contributed by atoms with Gasteiger partial charge in [0.05, 0.1) is 28.7 Å². The number of benzene rings is 1. The van der Waals surface area contributed by atoms with E-state index in [1.54, 1.807) is 34.5 Å². The maximum Gasteiger partial charge on any atom is 0.273 e. The molecule has 9 heteroatoms. The van der Waals surface area contributed by atoms with Gasteiger partial charge in [-0.25, -0.2) is 22.7 Å². The zero-order valence-corrected chi connectivity index (χ0v) is 17.9. The van der Waals surface area contributed by atoms with E-state index >= 15 is 0 Å². The molecule has 6 nitrogen and oxygen atoms in total. The molecule has 1 aliphatic rings. The Balaban J connectivity index is 1.65. The highest BCUT2D eigenvalue weighted by molar-refractivity contribution is 5.90. The first-order valence-corrected chi connectivity index (χ1v) is 10.4. The van der Waals surface area contributed by atoms with Gasteiger partial charge in [0.1, 0.15) is 11.6 Å². The molecule has 1 aromatic carbocycles. The number of pyridine rings is 1. The summed E-state index contributed by atoms with van der Waals surface area (Å²) in [7, 11) is 0. The van der Waals surface area contributed by atoms with Crippen LogP contribution in [0.4, 0.5) is 19.0 Å². The SMILES string of the molecule is CC(Nc1nc2ccnn2c2cc(=O)n(C3(C)CC3)cc12)c1cccc(C(C)(F)F)c1F. The molecule has 5 rings (SSSR count). The Morgan fingerprint density at radius 2 is 2.00 bits per heavy atom. The van der Waals surface area contributed by atoms with Gasteiger partial charge >= 0.3 is 0 Å². The van der Waals surface area contributed by atoms with E-state index in [-0.39, 0.29) is 16.7 Å². The first-order valence-electron chi connectivity index (χ1n) is 10.4. The maximum atomic E-state index is 14.9. The topological polar surface area (TPSA) is 64.2 Å². The predicted octanol–water partition coefficient (Wildman–Crippen LogP) is 4.98. The number of halogens is 3. The zero-order chi connectivity index (χ0) is 22.8. The molecule has 1 N–H and O–H groups in total. The highest BCUT2D eigenvalue weighted by Gasteiger charge is 2.40. The highest BCUT2D eigenvalue weighted by Crippen LogP contribution is 2.42. The van der Waals surface area contributed by atoms with Crippen molar-refractivity contribution in [3.05, 3.63) is 70.0 Å². The molecule has 3 aromatic heterocycles. The maximum absolute atomic E-state index is 14.9. The molecule has 3 heterocycles. The molecule has 1 unspecified atom stereocenters. The Morgan fingerprint density at radius 3 is 2.69 bits per heavy atom. The van der Waals surface area contributed by atoms with Crippen LogP contribution in [0.2, 0.25) is 0 Å². The number of aromatic nitrogens is 4. The Morgan fingerprint density at radius 1 is 1.25 bits per heavy atom. The number of fused-ring (bicyclic) bond motifs is 3. The van der Waals surface area contributed by atoms with E-state index in [9.17, 15) is 18.0 Å². The smallest absolute Gasteiger partial charge is 0.273 e. The minimum atomic E-state index is -3.29. The van der Waals surface area contributed by atoms with Crippen LogP contribution in [-0.2, 0) is 11.5 Å². The summed E-state index contributed by atoms with van der Waals surface area (Å²) in [6.45, 7) is 4.37. The van der Waals surface area contributed by atoms with E-state index in [0.29, 0.717) is 29.3 Å². The summed E-state index contributed by atoms with van der Waals surface area (Å²) in [6, 6.07) is 6.54. The van der Waals surface area contributed by atoms with Crippen LogP contribution in [0.15, 0.2) is 47.5 Å². The molecule has 1 aliphatic carbocycles. The first kappa shape index (κ1) is 20.5. The van der Waals surface area contributed by atoms with Gasteiger partial charge < -0.3 is 9.88 Å². The number of nitrogens with one attached hydrogen (secondary N) is 1. The summed E-state index contributed by atoms with van der Waals surface area (Å²) < 4.78 is 45.8. The van der Waals surface area contributed by atoms with Crippen LogP contribution in [0.3, 0.4) is 0 Å². The van der Waals surface area contributed by atoms with Crippen molar-refractivity contribution in [2.45, 2.75) is 51.1 Å². The van der Waals surface area contributed by atoms with Gasteiger partial charge in [0, 0.05) is 36.4 Å². The van der Waals surface area contributed by atoms with Gasteiger partial charge in [-0.1, -0.05) is 18.2 Å². The van der Waals surface area contributed by atoms with Crippen molar-refractivity contribution < 1.29 is 13.2 Å². The van der Waals surface area contributed by atoms with Crippen molar-refractivity contribution in [3.63, 3.8) is 0 Å². The lowest BCUT2D eigenvalue weighted by molar-refractivity contribution is 0.0136. The molecule has 0 spiro atoms. The van der Waals surface area contributed by atoms with Crippen LogP contribution in [0.5, 0.6) is 0 Å². The molecule has 0 radical (unpaired) electrons. The Bertz CT molecular complexity index is 1420. The van der Waals surface area contributed by atoms with Crippen molar-refractivity contribution in [1.82, 2.24) is 19.2 Å². The third-order valence-electron chi connectivity index (χ3n) is 6.24. The van der Waals surface area contributed by atoms with E-state index in [1.165, 1.54) is 18.2 Å².